The summed E-state index contributed by atoms with van der Waals surface area (Å²) in [6.45, 7) is -0.00185. The molecule has 22 heavy (non-hydrogen) atoms. The molecule has 0 fully saturated rings. The molecule has 0 saturated carbocycles. The third-order valence-corrected chi connectivity index (χ3v) is 3.32. The highest BCUT2D eigenvalue weighted by atomic mass is 32.2. The normalized spacial score (nSPS) is 11.5. The molecule has 7 nitrogen and oxygen atoms in total. The van der Waals surface area contributed by atoms with E-state index in [-0.39, 0.29) is 23.6 Å². The van der Waals surface area contributed by atoms with E-state index in [4.69, 9.17) is 5.73 Å². The van der Waals surface area contributed by atoms with Crippen LogP contribution >= 0.6 is 0 Å². The predicted molar refractivity (Wildman–Crippen MR) is 78.2 cm³/mol. The molecule has 0 radical (unpaired) electrons. The van der Waals surface area contributed by atoms with Gasteiger partial charge in [-0.05, 0) is 18.2 Å². The Morgan fingerprint density at radius 3 is 2.64 bits per heavy atom. The summed E-state index contributed by atoms with van der Waals surface area (Å²) in [5, 5.41) is 4.00. The SMILES string of the molecule is Cn1nc(-c2ccc(F)c(CN)c2)cc(OS(C)(=O)=O)c1=O. The molecule has 0 aliphatic heterocycles. The van der Waals surface area contributed by atoms with Gasteiger partial charge < -0.3 is 9.92 Å². The Kier molecular flexibility index (Phi) is 4.29. The average Bonchev–Trinajstić information content (AvgIpc) is 2.42. The van der Waals surface area contributed by atoms with Crippen molar-refractivity contribution in [3.05, 3.63) is 46.0 Å². The van der Waals surface area contributed by atoms with Crippen molar-refractivity contribution in [2.24, 2.45) is 12.8 Å². The molecule has 1 heterocycles. The number of hydrogen-bond donors (Lipinski definition) is 1. The summed E-state index contributed by atoms with van der Waals surface area (Å²) in [6, 6.07) is 5.34. The molecule has 118 valence electrons. The Bertz CT molecular complexity index is 877. The average molecular weight is 327 g/mol. The number of nitrogens with zero attached hydrogens (tertiary/aromatic N) is 2. The number of aromatic nitrogens is 2. The second kappa shape index (κ2) is 5.85. The van der Waals surface area contributed by atoms with E-state index >= 15 is 0 Å². The molecule has 0 unspecified atom stereocenters. The van der Waals surface area contributed by atoms with Gasteiger partial charge in [0, 0.05) is 30.8 Å². The van der Waals surface area contributed by atoms with Crippen LogP contribution in [-0.4, -0.2) is 24.5 Å². The van der Waals surface area contributed by atoms with Gasteiger partial charge in [0.1, 0.15) is 5.82 Å². The Hall–Kier alpha value is -2.26. The van der Waals surface area contributed by atoms with Crippen molar-refractivity contribution in [1.29, 1.82) is 0 Å². The number of rotatable bonds is 4. The van der Waals surface area contributed by atoms with Gasteiger partial charge in [-0.15, -0.1) is 0 Å². The molecule has 0 atom stereocenters. The van der Waals surface area contributed by atoms with Gasteiger partial charge in [-0.25, -0.2) is 9.07 Å². The molecule has 2 N–H and O–H groups in total. The molecule has 0 amide bonds. The fourth-order valence-corrected chi connectivity index (χ4v) is 2.28. The lowest BCUT2D eigenvalue weighted by Crippen LogP contribution is -2.23. The highest BCUT2D eigenvalue weighted by Crippen LogP contribution is 2.22. The first kappa shape index (κ1) is 16.1. The molecule has 2 rings (SSSR count). The molecule has 1 aromatic carbocycles. The lowest BCUT2D eigenvalue weighted by atomic mass is 10.1. The topological polar surface area (TPSA) is 104 Å². The molecule has 0 saturated heterocycles. The van der Waals surface area contributed by atoms with Crippen LogP contribution in [0.4, 0.5) is 4.39 Å². The van der Waals surface area contributed by atoms with Crippen molar-refractivity contribution in [2.75, 3.05) is 6.26 Å². The van der Waals surface area contributed by atoms with Gasteiger partial charge in [0.25, 0.3) is 0 Å². The predicted octanol–water partition coefficient (Wildman–Crippen LogP) is 0.384. The lowest BCUT2D eigenvalue weighted by Gasteiger charge is -2.09. The van der Waals surface area contributed by atoms with Crippen molar-refractivity contribution in [3.8, 4) is 17.0 Å². The molecule has 0 aliphatic carbocycles. The second-order valence-corrected chi connectivity index (χ2v) is 6.20. The maximum Gasteiger partial charge on any atom is 0.310 e. The van der Waals surface area contributed by atoms with E-state index in [1.807, 2.05) is 0 Å². The quantitative estimate of drug-likeness (QED) is 0.814. The zero-order chi connectivity index (χ0) is 16.5. The molecular formula is C13H14FN3O4S. The number of hydrogen-bond acceptors (Lipinski definition) is 6. The summed E-state index contributed by atoms with van der Waals surface area (Å²) in [6.07, 6.45) is 0.830. The van der Waals surface area contributed by atoms with Crippen LogP contribution in [-0.2, 0) is 23.7 Å². The molecule has 0 bridgehead atoms. The Balaban J connectivity index is 2.59. The Labute approximate surface area is 126 Å². The smallest absolute Gasteiger partial charge is 0.310 e. The molecule has 0 aliphatic rings. The standard InChI is InChI=1S/C13H14FN3O4S/c1-17-13(18)12(21-22(2,19)20)6-11(16-17)8-3-4-10(14)9(5-8)7-15/h3-6H,7,15H2,1-2H3. The molecule has 0 spiro atoms. The highest BCUT2D eigenvalue weighted by Gasteiger charge is 2.14. The number of nitrogens with two attached hydrogens (primary N) is 1. The van der Waals surface area contributed by atoms with Crippen LogP contribution in [0, 0.1) is 5.82 Å². The molecule has 9 heteroatoms. The van der Waals surface area contributed by atoms with E-state index in [9.17, 15) is 17.6 Å². The minimum absolute atomic E-state index is 0.00185. The summed E-state index contributed by atoms with van der Waals surface area (Å²) in [4.78, 5) is 11.8. The van der Waals surface area contributed by atoms with Gasteiger partial charge in [0.05, 0.1) is 11.9 Å². The van der Waals surface area contributed by atoms with Crippen molar-refractivity contribution < 1.29 is 17.0 Å². The van der Waals surface area contributed by atoms with E-state index in [1.165, 1.54) is 31.3 Å². The summed E-state index contributed by atoms with van der Waals surface area (Å²) in [5.74, 6) is -0.836. The summed E-state index contributed by atoms with van der Waals surface area (Å²) in [7, 11) is -2.50. The van der Waals surface area contributed by atoms with Crippen LogP contribution in [0.2, 0.25) is 0 Å². The molecule has 1 aromatic heterocycles. The first-order valence-electron chi connectivity index (χ1n) is 6.18. The van der Waals surface area contributed by atoms with Gasteiger partial charge in [0.2, 0.25) is 5.75 Å². The van der Waals surface area contributed by atoms with Crippen LogP contribution in [0.5, 0.6) is 5.75 Å². The van der Waals surface area contributed by atoms with Gasteiger partial charge in [0.15, 0.2) is 0 Å². The number of halogens is 1. The first-order valence-corrected chi connectivity index (χ1v) is 7.99. The van der Waals surface area contributed by atoms with Gasteiger partial charge in [-0.1, -0.05) is 0 Å². The van der Waals surface area contributed by atoms with Gasteiger partial charge >= 0.3 is 15.7 Å². The van der Waals surface area contributed by atoms with E-state index in [1.54, 1.807) is 0 Å². The molecular weight excluding hydrogens is 313 g/mol. The Morgan fingerprint density at radius 1 is 1.36 bits per heavy atom. The third kappa shape index (κ3) is 3.49. The van der Waals surface area contributed by atoms with Crippen LogP contribution in [0.3, 0.4) is 0 Å². The Morgan fingerprint density at radius 2 is 2.05 bits per heavy atom. The maximum atomic E-state index is 13.5. The van der Waals surface area contributed by atoms with Crippen LogP contribution in [0.15, 0.2) is 29.1 Å². The molecule has 2 aromatic rings. The lowest BCUT2D eigenvalue weighted by molar-refractivity contribution is 0.482. The van der Waals surface area contributed by atoms with Crippen molar-refractivity contribution in [3.63, 3.8) is 0 Å². The van der Waals surface area contributed by atoms with Crippen molar-refractivity contribution in [1.82, 2.24) is 9.78 Å². The largest absolute Gasteiger partial charge is 0.377 e. The number of aryl methyl sites for hydroxylation is 1. The van der Waals surface area contributed by atoms with Crippen molar-refractivity contribution in [2.45, 2.75) is 6.54 Å². The summed E-state index contributed by atoms with van der Waals surface area (Å²) >= 11 is 0. The fraction of sp³-hybridized carbons (Fsp3) is 0.231. The number of benzene rings is 1. The van der Waals surface area contributed by atoms with Crippen LogP contribution < -0.4 is 15.5 Å². The van der Waals surface area contributed by atoms with Crippen LogP contribution in [0.25, 0.3) is 11.3 Å². The van der Waals surface area contributed by atoms with E-state index in [0.29, 0.717) is 5.56 Å². The zero-order valence-corrected chi connectivity index (χ0v) is 12.7. The second-order valence-electron chi connectivity index (χ2n) is 4.62. The highest BCUT2D eigenvalue weighted by molar-refractivity contribution is 7.86. The zero-order valence-electron chi connectivity index (χ0n) is 11.9. The third-order valence-electron chi connectivity index (χ3n) is 2.83. The van der Waals surface area contributed by atoms with E-state index in [0.717, 1.165) is 10.9 Å². The minimum atomic E-state index is -3.86. The van der Waals surface area contributed by atoms with Gasteiger partial charge in [-0.3, -0.25) is 4.79 Å². The summed E-state index contributed by atoms with van der Waals surface area (Å²) in [5.41, 5.74) is 5.76. The fourth-order valence-electron chi connectivity index (χ4n) is 1.84. The van der Waals surface area contributed by atoms with Crippen LogP contribution in [0.1, 0.15) is 5.56 Å². The monoisotopic (exact) mass is 327 g/mol. The van der Waals surface area contributed by atoms with Gasteiger partial charge in [-0.2, -0.15) is 13.5 Å². The van der Waals surface area contributed by atoms with E-state index < -0.39 is 21.5 Å². The minimum Gasteiger partial charge on any atom is -0.377 e. The van der Waals surface area contributed by atoms with E-state index in [2.05, 4.69) is 9.28 Å². The van der Waals surface area contributed by atoms with Crippen molar-refractivity contribution >= 4 is 10.1 Å². The maximum absolute atomic E-state index is 13.5. The first-order chi connectivity index (χ1) is 10.2. The summed E-state index contributed by atoms with van der Waals surface area (Å²) < 4.78 is 41.5.